The fraction of sp³-hybridized carbons (Fsp3) is 0.294. The molecule has 1 fully saturated rings. The molecule has 0 aliphatic carbocycles. The van der Waals surface area contributed by atoms with Gasteiger partial charge >= 0.3 is 5.97 Å². The summed E-state index contributed by atoms with van der Waals surface area (Å²) >= 11 is 0. The number of esters is 1. The summed E-state index contributed by atoms with van der Waals surface area (Å²) in [6, 6.07) is 40.2. The van der Waals surface area contributed by atoms with Crippen LogP contribution in [0.25, 0.3) is 10.9 Å². The molecule has 2 atom stereocenters. The first-order valence-corrected chi connectivity index (χ1v) is 21.7. The normalized spacial score (nSPS) is 14.1. The third kappa shape index (κ3) is 12.2. The molecule has 0 spiro atoms. The van der Waals surface area contributed by atoms with Crippen LogP contribution in [0.15, 0.2) is 138 Å². The maximum absolute atomic E-state index is 13.8. The average molecular weight is 866 g/mol. The fourth-order valence-corrected chi connectivity index (χ4v) is 7.94. The molecule has 5 N–H and O–H groups in total. The van der Waals surface area contributed by atoms with E-state index in [9.17, 15) is 29.4 Å². The number of carbonyl (C=O) groups excluding carboxylic acids is 3. The van der Waals surface area contributed by atoms with E-state index in [0.717, 1.165) is 43.6 Å². The van der Waals surface area contributed by atoms with Crippen LogP contribution in [0.2, 0.25) is 0 Å². The number of aromatic hydroxyl groups is 1. The largest absolute Gasteiger partial charge is 0.506 e. The number of fused-ring (bicyclic) bond motifs is 1. The molecule has 7 rings (SSSR count). The van der Waals surface area contributed by atoms with E-state index in [1.807, 2.05) is 54.6 Å². The van der Waals surface area contributed by atoms with Crippen molar-refractivity contribution in [1.82, 2.24) is 25.4 Å². The zero-order valence-electron chi connectivity index (χ0n) is 36.0. The monoisotopic (exact) mass is 865 g/mol. The van der Waals surface area contributed by atoms with Crippen LogP contribution in [0.3, 0.4) is 0 Å². The molecule has 6 aromatic rings. The summed E-state index contributed by atoms with van der Waals surface area (Å²) in [4.78, 5) is 58.0. The van der Waals surface area contributed by atoms with Gasteiger partial charge in [-0.3, -0.25) is 24.1 Å². The number of phenolic OH excluding ortho intramolecular Hbond substituents is 1. The van der Waals surface area contributed by atoms with Gasteiger partial charge in [0, 0.05) is 56.8 Å². The van der Waals surface area contributed by atoms with E-state index in [2.05, 4.69) is 44.8 Å². The maximum atomic E-state index is 13.8. The predicted molar refractivity (Wildman–Crippen MR) is 245 cm³/mol. The van der Waals surface area contributed by atoms with E-state index >= 15 is 0 Å². The summed E-state index contributed by atoms with van der Waals surface area (Å²) in [6.45, 7) is 4.12. The Labute approximate surface area is 372 Å². The van der Waals surface area contributed by atoms with Crippen LogP contribution in [0.1, 0.15) is 63.0 Å². The standard InChI is InChI=1S/C51H55N5O8/c1-55(28-25-53-50(61)39-17-15-35(16-18-39)30-52-31-45(58)42-19-21-44(57)49-43(42)20-22-46(59)54-49)47(60)34-63-41-14-8-13-40(29-41)48(38-11-6-3-7-12-38)51(62)64-33-37-23-26-56(27-24-37)32-36-9-4-2-5-10-36/h2-22,29,37,45,48,52,57-58H,23-28,30-34H2,1H3,(H,53,61)(H,54,59). The molecular formula is C51H55N5O8. The van der Waals surface area contributed by atoms with Gasteiger partial charge in [0.2, 0.25) is 5.56 Å². The second kappa shape index (κ2) is 22.0. The molecule has 64 heavy (non-hydrogen) atoms. The number of aliphatic hydroxyl groups excluding tert-OH is 1. The second-order valence-corrected chi connectivity index (χ2v) is 16.2. The number of nitrogens with zero attached hydrogens (tertiary/aromatic N) is 2. The minimum atomic E-state index is -0.896. The first-order valence-electron chi connectivity index (χ1n) is 21.7. The third-order valence-electron chi connectivity index (χ3n) is 11.6. The van der Waals surface area contributed by atoms with E-state index in [0.29, 0.717) is 46.9 Å². The summed E-state index contributed by atoms with van der Waals surface area (Å²) < 4.78 is 11.9. The molecule has 1 saturated heterocycles. The number of hydrogen-bond donors (Lipinski definition) is 5. The summed E-state index contributed by atoms with van der Waals surface area (Å²) in [5, 5.41) is 27.6. The third-order valence-corrected chi connectivity index (χ3v) is 11.6. The molecule has 0 bridgehead atoms. The van der Waals surface area contributed by atoms with E-state index in [1.54, 1.807) is 49.5 Å². The van der Waals surface area contributed by atoms with Crippen LogP contribution in [0.5, 0.6) is 11.5 Å². The van der Waals surface area contributed by atoms with Gasteiger partial charge in [-0.05, 0) is 96.1 Å². The lowest BCUT2D eigenvalue weighted by Crippen LogP contribution is -2.38. The Kier molecular flexibility index (Phi) is 15.6. The Balaban J connectivity index is 0.834. The molecule has 13 nitrogen and oxygen atoms in total. The highest BCUT2D eigenvalue weighted by atomic mass is 16.5. The van der Waals surface area contributed by atoms with Gasteiger partial charge in [0.1, 0.15) is 17.4 Å². The Bertz CT molecular complexity index is 2540. The van der Waals surface area contributed by atoms with Crippen molar-refractivity contribution >= 4 is 28.7 Å². The molecular weight excluding hydrogens is 811 g/mol. The number of amides is 2. The van der Waals surface area contributed by atoms with Crippen molar-refractivity contribution in [2.75, 3.05) is 53.0 Å². The van der Waals surface area contributed by atoms with Crippen LogP contribution in [0, 0.1) is 5.92 Å². The van der Waals surface area contributed by atoms with Crippen LogP contribution in [0.4, 0.5) is 0 Å². The lowest BCUT2D eigenvalue weighted by molar-refractivity contribution is -0.146. The molecule has 1 aromatic heterocycles. The lowest BCUT2D eigenvalue weighted by atomic mass is 9.91. The summed E-state index contributed by atoms with van der Waals surface area (Å²) in [6.07, 6.45) is 1.03. The highest BCUT2D eigenvalue weighted by Gasteiger charge is 2.27. The second-order valence-electron chi connectivity index (χ2n) is 16.2. The van der Waals surface area contributed by atoms with E-state index < -0.39 is 12.0 Å². The number of aromatic nitrogens is 1. The van der Waals surface area contributed by atoms with Crippen LogP contribution < -0.4 is 20.9 Å². The SMILES string of the molecule is CN(CCNC(=O)c1ccc(CNCC(O)c2ccc(O)c3[nH]c(=O)ccc23)cc1)C(=O)COc1cccc(C(C(=O)OCC2CCN(Cc3ccccc3)CC2)c2ccccc2)c1. The Morgan fingerprint density at radius 2 is 1.56 bits per heavy atom. The molecule has 1 aliphatic rings. The summed E-state index contributed by atoms with van der Waals surface area (Å²) in [5.41, 5.74) is 4.67. The average Bonchev–Trinajstić information content (AvgIpc) is 3.32. The first kappa shape index (κ1) is 45.2. The number of hydrogen-bond acceptors (Lipinski definition) is 10. The number of benzene rings is 5. The van der Waals surface area contributed by atoms with Gasteiger partial charge in [0.25, 0.3) is 11.8 Å². The van der Waals surface area contributed by atoms with Crippen molar-refractivity contribution in [3.8, 4) is 11.5 Å². The molecule has 2 amide bonds. The van der Waals surface area contributed by atoms with E-state index in [4.69, 9.17) is 9.47 Å². The minimum Gasteiger partial charge on any atom is -0.506 e. The number of H-pyrrole nitrogens is 1. The number of piperidine rings is 1. The number of pyridine rings is 1. The van der Waals surface area contributed by atoms with E-state index in [-0.39, 0.29) is 60.9 Å². The quantitative estimate of drug-likeness (QED) is 0.0617. The van der Waals surface area contributed by atoms with Crippen molar-refractivity contribution in [2.45, 2.75) is 38.0 Å². The number of nitrogens with one attached hydrogen (secondary N) is 3. The van der Waals surface area contributed by atoms with Gasteiger partial charge in [-0.2, -0.15) is 0 Å². The lowest BCUT2D eigenvalue weighted by Gasteiger charge is -2.32. The van der Waals surface area contributed by atoms with Gasteiger partial charge in [-0.1, -0.05) is 91.0 Å². The van der Waals surface area contributed by atoms with Gasteiger partial charge < -0.3 is 40.2 Å². The number of rotatable bonds is 19. The zero-order chi connectivity index (χ0) is 44.8. The highest BCUT2D eigenvalue weighted by molar-refractivity contribution is 5.94. The topological polar surface area (TPSA) is 174 Å². The number of aromatic amines is 1. The highest BCUT2D eigenvalue weighted by Crippen LogP contribution is 2.31. The van der Waals surface area contributed by atoms with Gasteiger partial charge in [-0.25, -0.2) is 0 Å². The molecule has 2 unspecified atom stereocenters. The van der Waals surface area contributed by atoms with Crippen molar-refractivity contribution in [3.05, 3.63) is 177 Å². The Morgan fingerprint density at radius 3 is 2.31 bits per heavy atom. The van der Waals surface area contributed by atoms with E-state index in [1.165, 1.54) is 22.6 Å². The molecule has 2 heterocycles. The molecule has 332 valence electrons. The van der Waals surface area contributed by atoms with Gasteiger partial charge in [-0.15, -0.1) is 0 Å². The predicted octanol–water partition coefficient (Wildman–Crippen LogP) is 5.91. The zero-order valence-corrected chi connectivity index (χ0v) is 36.0. The van der Waals surface area contributed by atoms with Gasteiger partial charge in [0.05, 0.1) is 18.2 Å². The molecule has 1 aliphatic heterocycles. The first-order chi connectivity index (χ1) is 31.1. The van der Waals surface area contributed by atoms with Crippen molar-refractivity contribution in [1.29, 1.82) is 0 Å². The molecule has 5 aromatic carbocycles. The maximum Gasteiger partial charge on any atom is 0.317 e. The molecule has 13 heteroatoms. The van der Waals surface area contributed by atoms with Crippen molar-refractivity contribution in [2.24, 2.45) is 5.92 Å². The van der Waals surface area contributed by atoms with Gasteiger partial charge in [0.15, 0.2) is 6.61 Å². The smallest absolute Gasteiger partial charge is 0.317 e. The number of ether oxygens (including phenoxy) is 2. The number of phenols is 1. The molecule has 0 saturated carbocycles. The Hall–Kier alpha value is -6.80. The number of aliphatic hydroxyl groups is 1. The minimum absolute atomic E-state index is 0.0723. The van der Waals surface area contributed by atoms with Crippen molar-refractivity contribution < 1.29 is 34.1 Å². The fourth-order valence-electron chi connectivity index (χ4n) is 7.94. The Morgan fingerprint density at radius 1 is 0.844 bits per heavy atom. The van der Waals surface area contributed by atoms with Crippen molar-refractivity contribution in [3.63, 3.8) is 0 Å². The number of likely N-dealkylation sites (tertiary alicyclic amines) is 1. The number of likely N-dealkylation sites (N-methyl/N-ethyl adjacent to an activating group) is 1. The van der Waals surface area contributed by atoms with Crippen LogP contribution >= 0.6 is 0 Å². The summed E-state index contributed by atoms with van der Waals surface area (Å²) in [5.74, 6) is -0.864. The van der Waals surface area contributed by atoms with Crippen LogP contribution in [-0.2, 0) is 27.4 Å². The number of carbonyl (C=O) groups is 3. The summed E-state index contributed by atoms with van der Waals surface area (Å²) in [7, 11) is 1.65. The molecule has 0 radical (unpaired) electrons. The van der Waals surface area contributed by atoms with Crippen LogP contribution in [-0.4, -0.2) is 95.8 Å².